The molecule has 2 aromatic rings. The number of anilines is 1. The minimum absolute atomic E-state index is 0.135. The van der Waals surface area contributed by atoms with Crippen LogP contribution in [0.2, 0.25) is 0 Å². The van der Waals surface area contributed by atoms with Crippen LogP contribution in [0.3, 0.4) is 0 Å². The van der Waals surface area contributed by atoms with Crippen LogP contribution in [0.15, 0.2) is 53.4 Å². The van der Waals surface area contributed by atoms with Crippen LogP contribution < -0.4 is 14.4 Å². The van der Waals surface area contributed by atoms with E-state index in [1.54, 1.807) is 48.5 Å². The molecule has 1 heterocycles. The number of rotatable bonds is 11. The van der Waals surface area contributed by atoms with Gasteiger partial charge in [0, 0.05) is 6.54 Å². The first-order chi connectivity index (χ1) is 15.4. The zero-order chi connectivity index (χ0) is 23.0. The molecule has 3 rings (SSSR count). The Morgan fingerprint density at radius 3 is 2.47 bits per heavy atom. The van der Waals surface area contributed by atoms with E-state index in [1.807, 2.05) is 13.8 Å². The van der Waals surface area contributed by atoms with Gasteiger partial charge in [-0.25, -0.2) is 8.42 Å². The first kappa shape index (κ1) is 24.1. The largest absolute Gasteiger partial charge is 0.492 e. The summed E-state index contributed by atoms with van der Waals surface area (Å²) in [6, 6.07) is 13.5. The number of hydrogen-bond donors (Lipinski definition) is 1. The van der Waals surface area contributed by atoms with Gasteiger partial charge < -0.3 is 15.0 Å². The second kappa shape index (κ2) is 11.3. The summed E-state index contributed by atoms with van der Waals surface area (Å²) in [6.07, 6.45) is 3.31. The van der Waals surface area contributed by atoms with Crippen molar-refractivity contribution >= 4 is 21.6 Å². The maximum atomic E-state index is 13.5. The molecule has 0 bridgehead atoms. The fourth-order valence-electron chi connectivity index (χ4n) is 3.80. The number of amides is 1. The van der Waals surface area contributed by atoms with Crippen molar-refractivity contribution in [2.24, 2.45) is 0 Å². The molecule has 2 aromatic carbocycles. The topological polar surface area (TPSA) is 79.0 Å². The van der Waals surface area contributed by atoms with Gasteiger partial charge in [-0.1, -0.05) is 29.8 Å². The molecular weight excluding hydrogens is 426 g/mol. The number of carbonyl (C=O) groups excluding carboxylic acids is 1. The molecule has 0 atom stereocenters. The number of aryl methyl sites for hydroxylation is 1. The molecule has 8 heteroatoms. The van der Waals surface area contributed by atoms with Crippen LogP contribution in [0.4, 0.5) is 5.69 Å². The van der Waals surface area contributed by atoms with Crippen molar-refractivity contribution < 1.29 is 17.9 Å². The summed E-state index contributed by atoms with van der Waals surface area (Å²) < 4.78 is 33.8. The standard InChI is InChI=1S/C24H33N3O4S/c1-3-31-23-10-5-4-9-22(23)27(32(29,30)21-13-11-20(2)12-14-21)19-24(28)25-15-8-18-26-16-6-7-17-26/h4-5,9-14H,3,6-8,15-19H2,1-2H3,(H,25,28). The number of benzene rings is 2. The molecule has 1 aliphatic heterocycles. The van der Waals surface area contributed by atoms with Crippen molar-refractivity contribution in [1.82, 2.24) is 10.2 Å². The molecule has 0 spiro atoms. The van der Waals surface area contributed by atoms with Gasteiger partial charge in [0.2, 0.25) is 5.91 Å². The molecule has 1 amide bonds. The number of nitrogens with one attached hydrogen (secondary N) is 1. The number of para-hydroxylation sites is 2. The highest BCUT2D eigenvalue weighted by atomic mass is 32.2. The van der Waals surface area contributed by atoms with Crippen LogP contribution in [-0.4, -0.2) is 58.6 Å². The molecule has 1 N–H and O–H groups in total. The second-order valence-corrected chi connectivity index (χ2v) is 9.84. The van der Waals surface area contributed by atoms with E-state index in [0.29, 0.717) is 24.6 Å². The van der Waals surface area contributed by atoms with Gasteiger partial charge in [0.15, 0.2) is 0 Å². The Bertz CT molecular complexity index is 987. The Balaban J connectivity index is 1.77. The summed E-state index contributed by atoms with van der Waals surface area (Å²) >= 11 is 0. The Hall–Kier alpha value is -2.58. The van der Waals surface area contributed by atoms with Gasteiger partial charge in [0.1, 0.15) is 12.3 Å². The van der Waals surface area contributed by atoms with Crippen molar-refractivity contribution in [3.8, 4) is 5.75 Å². The lowest BCUT2D eigenvalue weighted by Crippen LogP contribution is -2.41. The van der Waals surface area contributed by atoms with E-state index in [0.717, 1.165) is 35.9 Å². The number of ether oxygens (including phenoxy) is 1. The zero-order valence-electron chi connectivity index (χ0n) is 18.9. The fraction of sp³-hybridized carbons (Fsp3) is 0.458. The highest BCUT2D eigenvalue weighted by molar-refractivity contribution is 7.92. The third-order valence-corrected chi connectivity index (χ3v) is 7.28. The van der Waals surface area contributed by atoms with Gasteiger partial charge in [-0.3, -0.25) is 9.10 Å². The van der Waals surface area contributed by atoms with E-state index >= 15 is 0 Å². The molecule has 1 saturated heterocycles. The van der Waals surface area contributed by atoms with E-state index in [-0.39, 0.29) is 17.3 Å². The molecule has 0 saturated carbocycles. The molecule has 0 unspecified atom stereocenters. The third-order valence-electron chi connectivity index (χ3n) is 5.50. The van der Waals surface area contributed by atoms with E-state index in [1.165, 1.54) is 12.8 Å². The van der Waals surface area contributed by atoms with E-state index in [2.05, 4.69) is 10.2 Å². The normalized spacial score (nSPS) is 14.3. The Morgan fingerprint density at radius 1 is 1.09 bits per heavy atom. The van der Waals surface area contributed by atoms with Gasteiger partial charge in [-0.2, -0.15) is 0 Å². The van der Waals surface area contributed by atoms with E-state index in [4.69, 9.17) is 4.74 Å². The van der Waals surface area contributed by atoms with Crippen LogP contribution in [0.1, 0.15) is 31.7 Å². The summed E-state index contributed by atoms with van der Waals surface area (Å²) in [5.74, 6) is 0.0842. The highest BCUT2D eigenvalue weighted by Crippen LogP contribution is 2.32. The van der Waals surface area contributed by atoms with Gasteiger partial charge in [-0.15, -0.1) is 0 Å². The third kappa shape index (κ3) is 6.23. The van der Waals surface area contributed by atoms with Crippen molar-refractivity contribution in [1.29, 1.82) is 0 Å². The van der Waals surface area contributed by atoms with Crippen molar-refractivity contribution in [2.75, 3.05) is 43.6 Å². The van der Waals surface area contributed by atoms with Gasteiger partial charge in [0.25, 0.3) is 10.0 Å². The van der Waals surface area contributed by atoms with Crippen LogP contribution in [0, 0.1) is 6.92 Å². The maximum absolute atomic E-state index is 13.5. The van der Waals surface area contributed by atoms with Gasteiger partial charge in [0.05, 0.1) is 17.2 Å². The molecule has 0 aromatic heterocycles. The van der Waals surface area contributed by atoms with Gasteiger partial charge in [-0.05, 0) is 77.0 Å². The fourth-order valence-corrected chi connectivity index (χ4v) is 5.23. The minimum Gasteiger partial charge on any atom is -0.492 e. The maximum Gasteiger partial charge on any atom is 0.264 e. The summed E-state index contributed by atoms with van der Waals surface area (Å²) in [5, 5.41) is 2.88. The quantitative estimate of drug-likeness (QED) is 0.522. The zero-order valence-corrected chi connectivity index (χ0v) is 19.7. The number of hydrogen-bond acceptors (Lipinski definition) is 5. The second-order valence-electron chi connectivity index (χ2n) is 7.98. The molecular formula is C24H33N3O4S. The number of carbonyl (C=O) groups is 1. The summed E-state index contributed by atoms with van der Waals surface area (Å²) in [5.41, 5.74) is 1.31. The molecule has 0 radical (unpaired) electrons. The van der Waals surface area contributed by atoms with Crippen molar-refractivity contribution in [3.05, 3.63) is 54.1 Å². The smallest absolute Gasteiger partial charge is 0.264 e. The Kier molecular flexibility index (Phi) is 8.53. The van der Waals surface area contributed by atoms with Crippen LogP contribution in [0.25, 0.3) is 0 Å². The SMILES string of the molecule is CCOc1ccccc1N(CC(=O)NCCCN1CCCC1)S(=O)(=O)c1ccc(C)cc1. The minimum atomic E-state index is -3.97. The Labute approximate surface area is 191 Å². The summed E-state index contributed by atoms with van der Waals surface area (Å²) in [4.78, 5) is 15.3. The molecule has 0 aliphatic carbocycles. The molecule has 32 heavy (non-hydrogen) atoms. The van der Waals surface area contributed by atoms with Crippen LogP contribution >= 0.6 is 0 Å². The summed E-state index contributed by atoms with van der Waals surface area (Å²) in [6.45, 7) is 7.49. The lowest BCUT2D eigenvalue weighted by atomic mass is 10.2. The van der Waals surface area contributed by atoms with Crippen LogP contribution in [0.5, 0.6) is 5.75 Å². The van der Waals surface area contributed by atoms with Crippen molar-refractivity contribution in [2.45, 2.75) is 38.0 Å². The number of nitrogens with zero attached hydrogens (tertiary/aromatic N) is 2. The number of likely N-dealkylation sites (tertiary alicyclic amines) is 1. The average Bonchev–Trinajstić information content (AvgIpc) is 3.30. The molecule has 174 valence electrons. The van der Waals surface area contributed by atoms with E-state index in [9.17, 15) is 13.2 Å². The lowest BCUT2D eigenvalue weighted by Gasteiger charge is -2.26. The first-order valence-corrected chi connectivity index (χ1v) is 12.7. The summed E-state index contributed by atoms with van der Waals surface area (Å²) in [7, 11) is -3.97. The average molecular weight is 460 g/mol. The molecule has 1 fully saturated rings. The Morgan fingerprint density at radius 2 is 1.78 bits per heavy atom. The monoisotopic (exact) mass is 459 g/mol. The highest BCUT2D eigenvalue weighted by Gasteiger charge is 2.29. The van der Waals surface area contributed by atoms with Gasteiger partial charge >= 0.3 is 0 Å². The molecule has 1 aliphatic rings. The predicted octanol–water partition coefficient (Wildman–Crippen LogP) is 3.19. The van der Waals surface area contributed by atoms with E-state index < -0.39 is 10.0 Å². The number of sulfonamides is 1. The van der Waals surface area contributed by atoms with Crippen molar-refractivity contribution in [3.63, 3.8) is 0 Å². The van der Waals surface area contributed by atoms with Crippen LogP contribution in [-0.2, 0) is 14.8 Å². The predicted molar refractivity (Wildman–Crippen MR) is 127 cm³/mol. The first-order valence-electron chi connectivity index (χ1n) is 11.2. The lowest BCUT2D eigenvalue weighted by molar-refractivity contribution is -0.119. The molecule has 7 nitrogen and oxygen atoms in total.